The van der Waals surface area contributed by atoms with Gasteiger partial charge in [-0.15, -0.1) is 11.3 Å². The Labute approximate surface area is 169 Å². The highest BCUT2D eigenvalue weighted by Crippen LogP contribution is 2.24. The summed E-state index contributed by atoms with van der Waals surface area (Å²) in [7, 11) is 0. The molecule has 9 heteroatoms. The van der Waals surface area contributed by atoms with Gasteiger partial charge in [0.2, 0.25) is 5.91 Å². The molecule has 0 atom stereocenters. The summed E-state index contributed by atoms with van der Waals surface area (Å²) < 4.78 is 13.3. The number of carbonyl (C=O) groups is 3. The molecule has 1 heterocycles. The van der Waals surface area contributed by atoms with Crippen LogP contribution in [-0.4, -0.2) is 29.3 Å². The Hall–Kier alpha value is -3.59. The Bertz CT molecular complexity index is 1050. The van der Waals surface area contributed by atoms with Crippen molar-refractivity contribution in [2.24, 2.45) is 5.73 Å². The van der Waals surface area contributed by atoms with Gasteiger partial charge in [-0.2, -0.15) is 0 Å². The number of halogens is 1. The lowest BCUT2D eigenvalue weighted by Gasteiger charge is -2.06. The fourth-order valence-electron chi connectivity index (χ4n) is 2.47. The summed E-state index contributed by atoms with van der Waals surface area (Å²) in [5.74, 6) is -2.52. The number of benzene rings is 2. The third-order valence-electron chi connectivity index (χ3n) is 3.92. The summed E-state index contributed by atoms with van der Waals surface area (Å²) >= 11 is 1.38. The largest absolute Gasteiger partial charge is 0.366 e. The first kappa shape index (κ1) is 20.2. The molecular weight excluding hydrogens is 395 g/mol. The number of nitrogens with zero attached hydrogens (tertiary/aromatic N) is 1. The summed E-state index contributed by atoms with van der Waals surface area (Å²) in [6, 6.07) is 12.0. The van der Waals surface area contributed by atoms with Gasteiger partial charge in [0.25, 0.3) is 0 Å². The molecule has 2 aromatic carbocycles. The maximum Gasteiger partial charge on any atom is 0.313 e. The highest BCUT2D eigenvalue weighted by molar-refractivity contribution is 7.13. The van der Waals surface area contributed by atoms with Crippen LogP contribution in [0.2, 0.25) is 0 Å². The molecule has 0 saturated heterocycles. The Morgan fingerprint density at radius 2 is 1.83 bits per heavy atom. The van der Waals surface area contributed by atoms with Crippen LogP contribution < -0.4 is 16.4 Å². The number of anilines is 1. The summed E-state index contributed by atoms with van der Waals surface area (Å²) in [6.45, 7) is 0.221. The van der Waals surface area contributed by atoms with Crippen LogP contribution in [0, 0.1) is 5.82 Å². The molecule has 0 unspecified atom stereocenters. The van der Waals surface area contributed by atoms with Gasteiger partial charge in [-0.3, -0.25) is 14.4 Å². The first-order chi connectivity index (χ1) is 13.9. The Kier molecular flexibility index (Phi) is 6.30. The number of amides is 3. The third-order valence-corrected chi connectivity index (χ3v) is 4.86. The van der Waals surface area contributed by atoms with Gasteiger partial charge in [0.15, 0.2) is 0 Å². The van der Waals surface area contributed by atoms with E-state index in [0.717, 1.165) is 5.69 Å². The van der Waals surface area contributed by atoms with Crippen molar-refractivity contribution in [1.29, 1.82) is 0 Å². The standard InChI is InChI=1S/C20H17FN4O3S/c21-14-3-1-2-13(10-14)20-25-16(11-29-20)8-9-23-18(27)19(28)24-15-6-4-12(5-7-15)17(22)26/h1-7,10-11H,8-9H2,(H2,22,26)(H,23,27)(H,24,28). The summed E-state index contributed by atoms with van der Waals surface area (Å²) in [5.41, 5.74) is 7.24. The molecule has 3 amide bonds. The van der Waals surface area contributed by atoms with E-state index in [1.54, 1.807) is 12.1 Å². The number of thiazole rings is 1. The van der Waals surface area contributed by atoms with Crippen LogP contribution in [0.4, 0.5) is 10.1 Å². The highest BCUT2D eigenvalue weighted by Gasteiger charge is 2.14. The van der Waals surface area contributed by atoms with Gasteiger partial charge in [0.1, 0.15) is 10.8 Å². The second-order valence-electron chi connectivity index (χ2n) is 6.06. The van der Waals surface area contributed by atoms with Crippen LogP contribution in [0.1, 0.15) is 16.1 Å². The summed E-state index contributed by atoms with van der Waals surface area (Å²) in [5, 5.41) is 7.46. The van der Waals surface area contributed by atoms with Crippen molar-refractivity contribution in [2.75, 3.05) is 11.9 Å². The van der Waals surface area contributed by atoms with Crippen LogP contribution in [0.15, 0.2) is 53.9 Å². The second kappa shape index (κ2) is 9.07. The van der Waals surface area contributed by atoms with Gasteiger partial charge in [0, 0.05) is 35.2 Å². The van der Waals surface area contributed by atoms with Crippen LogP contribution >= 0.6 is 11.3 Å². The van der Waals surface area contributed by atoms with Crippen molar-refractivity contribution in [2.45, 2.75) is 6.42 Å². The maximum absolute atomic E-state index is 13.3. The van der Waals surface area contributed by atoms with Crippen LogP contribution in [0.3, 0.4) is 0 Å². The molecular formula is C20H17FN4O3S. The van der Waals surface area contributed by atoms with E-state index in [1.165, 1.54) is 47.7 Å². The molecule has 0 aliphatic carbocycles. The van der Waals surface area contributed by atoms with E-state index < -0.39 is 17.7 Å². The highest BCUT2D eigenvalue weighted by atomic mass is 32.1. The quantitative estimate of drug-likeness (QED) is 0.539. The van der Waals surface area contributed by atoms with Crippen molar-refractivity contribution >= 4 is 34.7 Å². The Morgan fingerprint density at radius 1 is 1.07 bits per heavy atom. The molecule has 0 saturated carbocycles. The Morgan fingerprint density at radius 3 is 2.52 bits per heavy atom. The minimum Gasteiger partial charge on any atom is -0.366 e. The second-order valence-corrected chi connectivity index (χ2v) is 6.91. The molecule has 3 rings (SSSR count). The average Bonchev–Trinajstić information content (AvgIpc) is 3.17. The molecule has 0 aliphatic heterocycles. The smallest absolute Gasteiger partial charge is 0.313 e. The van der Waals surface area contributed by atoms with E-state index >= 15 is 0 Å². The number of hydrogen-bond donors (Lipinski definition) is 3. The molecule has 0 radical (unpaired) electrons. The van der Waals surface area contributed by atoms with E-state index in [2.05, 4.69) is 15.6 Å². The first-order valence-electron chi connectivity index (χ1n) is 8.62. The lowest BCUT2D eigenvalue weighted by Crippen LogP contribution is -2.36. The first-order valence-corrected chi connectivity index (χ1v) is 9.50. The van der Waals surface area contributed by atoms with Crippen LogP contribution in [0.5, 0.6) is 0 Å². The molecule has 0 bridgehead atoms. The summed E-state index contributed by atoms with van der Waals surface area (Å²) in [4.78, 5) is 39.3. The fourth-order valence-corrected chi connectivity index (χ4v) is 3.32. The third kappa shape index (κ3) is 5.45. The van der Waals surface area contributed by atoms with E-state index in [4.69, 9.17) is 5.73 Å². The Balaban J connectivity index is 1.48. The molecule has 4 N–H and O–H groups in total. The van der Waals surface area contributed by atoms with E-state index in [0.29, 0.717) is 28.2 Å². The molecule has 1 aromatic heterocycles. The minimum atomic E-state index is -0.824. The number of nitrogens with two attached hydrogens (primary N) is 1. The van der Waals surface area contributed by atoms with Gasteiger partial charge in [-0.05, 0) is 36.4 Å². The van der Waals surface area contributed by atoms with Crippen molar-refractivity contribution in [3.8, 4) is 10.6 Å². The molecule has 0 fully saturated rings. The summed E-state index contributed by atoms with van der Waals surface area (Å²) in [6.07, 6.45) is 0.429. The molecule has 3 aromatic rings. The maximum atomic E-state index is 13.3. The van der Waals surface area contributed by atoms with E-state index in [9.17, 15) is 18.8 Å². The number of nitrogens with one attached hydrogen (secondary N) is 2. The zero-order valence-corrected chi connectivity index (χ0v) is 16.0. The minimum absolute atomic E-state index is 0.221. The lowest BCUT2D eigenvalue weighted by molar-refractivity contribution is -0.136. The fraction of sp³-hybridized carbons (Fsp3) is 0.100. The van der Waals surface area contributed by atoms with Gasteiger partial charge >= 0.3 is 11.8 Å². The van der Waals surface area contributed by atoms with Crippen molar-refractivity contribution in [1.82, 2.24) is 10.3 Å². The zero-order valence-electron chi connectivity index (χ0n) is 15.1. The van der Waals surface area contributed by atoms with Gasteiger partial charge in [-0.25, -0.2) is 9.37 Å². The number of carbonyl (C=O) groups excluding carboxylic acids is 3. The molecule has 0 spiro atoms. The lowest BCUT2D eigenvalue weighted by atomic mass is 10.2. The van der Waals surface area contributed by atoms with Crippen molar-refractivity contribution < 1.29 is 18.8 Å². The number of hydrogen-bond acceptors (Lipinski definition) is 5. The van der Waals surface area contributed by atoms with Crippen molar-refractivity contribution in [3.05, 3.63) is 71.0 Å². The van der Waals surface area contributed by atoms with Crippen molar-refractivity contribution in [3.63, 3.8) is 0 Å². The predicted molar refractivity (Wildman–Crippen MR) is 108 cm³/mol. The zero-order chi connectivity index (χ0) is 20.8. The number of aromatic nitrogens is 1. The van der Waals surface area contributed by atoms with E-state index in [1.807, 2.05) is 5.38 Å². The van der Waals surface area contributed by atoms with Crippen LogP contribution in [0.25, 0.3) is 10.6 Å². The van der Waals surface area contributed by atoms with Gasteiger partial charge in [0.05, 0.1) is 5.69 Å². The van der Waals surface area contributed by atoms with Crippen LogP contribution in [-0.2, 0) is 16.0 Å². The monoisotopic (exact) mass is 412 g/mol. The van der Waals surface area contributed by atoms with Gasteiger partial charge in [-0.1, -0.05) is 12.1 Å². The molecule has 7 nitrogen and oxygen atoms in total. The normalized spacial score (nSPS) is 10.4. The predicted octanol–water partition coefficient (Wildman–Crippen LogP) is 2.35. The van der Waals surface area contributed by atoms with Gasteiger partial charge < -0.3 is 16.4 Å². The molecule has 29 heavy (non-hydrogen) atoms. The SMILES string of the molecule is NC(=O)c1ccc(NC(=O)C(=O)NCCc2csc(-c3cccc(F)c3)n2)cc1. The molecule has 0 aliphatic rings. The topological polar surface area (TPSA) is 114 Å². The number of rotatable bonds is 6. The molecule has 148 valence electrons. The van der Waals surface area contributed by atoms with E-state index in [-0.39, 0.29) is 12.4 Å². The number of primary amides is 1. The average molecular weight is 412 g/mol.